The first-order valence-electron chi connectivity index (χ1n) is 7.23. The van der Waals surface area contributed by atoms with Crippen LogP contribution in [-0.2, 0) is 0 Å². The average molecular weight is 345 g/mol. The maximum atomic E-state index is 13.6. The molecule has 0 amide bonds. The molecule has 0 saturated heterocycles. The van der Waals surface area contributed by atoms with Gasteiger partial charge in [-0.2, -0.15) is 9.78 Å². The van der Waals surface area contributed by atoms with Gasteiger partial charge in [0.2, 0.25) is 0 Å². The highest BCUT2D eigenvalue weighted by molar-refractivity contribution is 6.40. The highest BCUT2D eigenvalue weighted by Crippen LogP contribution is 2.34. The van der Waals surface area contributed by atoms with Crippen LogP contribution >= 0.6 is 11.6 Å². The fourth-order valence-electron chi connectivity index (χ4n) is 2.74. The van der Waals surface area contributed by atoms with Gasteiger partial charge in [-0.3, -0.25) is 0 Å². The van der Waals surface area contributed by atoms with E-state index in [1.54, 1.807) is 17.7 Å². The summed E-state index contributed by atoms with van der Waals surface area (Å²) in [5.74, 6) is -1.35. The number of fused-ring (bicyclic) bond motifs is 2. The molecule has 0 aliphatic carbocycles. The molecule has 0 radical (unpaired) electrons. The summed E-state index contributed by atoms with van der Waals surface area (Å²) in [6, 6.07) is 7.62. The third kappa shape index (κ3) is 2.14. The fourth-order valence-corrected chi connectivity index (χ4v) is 3.11. The summed E-state index contributed by atoms with van der Waals surface area (Å²) in [5.41, 5.74) is 2.18. The van der Waals surface area contributed by atoms with Crippen molar-refractivity contribution in [3.8, 4) is 5.82 Å². The zero-order chi connectivity index (χ0) is 17.0. The molecule has 0 fully saturated rings. The van der Waals surface area contributed by atoms with Gasteiger partial charge in [0.05, 0.1) is 21.6 Å². The van der Waals surface area contributed by atoms with E-state index in [0.717, 1.165) is 17.8 Å². The summed E-state index contributed by atoms with van der Waals surface area (Å²) in [4.78, 5) is 8.87. The maximum Gasteiger partial charge on any atom is 0.167 e. The molecular weight excluding hydrogens is 334 g/mol. The topological polar surface area (TPSA) is 43.6 Å². The molecule has 0 bridgehead atoms. The van der Waals surface area contributed by atoms with E-state index in [1.165, 1.54) is 0 Å². The van der Waals surface area contributed by atoms with Crippen LogP contribution in [0.4, 0.5) is 8.78 Å². The van der Waals surface area contributed by atoms with Crippen molar-refractivity contribution in [2.45, 2.75) is 13.8 Å². The largest absolute Gasteiger partial charge is 0.234 e. The summed E-state index contributed by atoms with van der Waals surface area (Å²) in [6.45, 7) is 3.66. The van der Waals surface area contributed by atoms with Crippen molar-refractivity contribution < 1.29 is 8.78 Å². The SMILES string of the molecule is Cc1cccc(-n2nc(C)c3c(Cl)c4cc(F)c(F)cc4nc32)n1. The standard InChI is InChI=1S/C17H11ClF2N4/c1-8-4-3-5-14(21-8)24-17-15(9(2)23-24)16(18)10-6-11(19)12(20)7-13(10)22-17/h3-7H,1-2H3. The van der Waals surface area contributed by atoms with E-state index in [4.69, 9.17) is 11.6 Å². The number of aryl methyl sites for hydroxylation is 2. The molecule has 0 aliphatic heterocycles. The van der Waals surface area contributed by atoms with Gasteiger partial charge in [0.1, 0.15) is 0 Å². The lowest BCUT2D eigenvalue weighted by molar-refractivity contribution is 0.510. The van der Waals surface area contributed by atoms with Crippen LogP contribution in [0.3, 0.4) is 0 Å². The Kier molecular flexibility index (Phi) is 3.25. The molecular formula is C17H11ClF2N4. The molecule has 3 aromatic heterocycles. The highest BCUT2D eigenvalue weighted by atomic mass is 35.5. The Balaban J connectivity index is 2.13. The molecule has 7 heteroatoms. The van der Waals surface area contributed by atoms with Gasteiger partial charge in [0, 0.05) is 17.1 Å². The monoisotopic (exact) mass is 344 g/mol. The zero-order valence-electron chi connectivity index (χ0n) is 12.8. The van der Waals surface area contributed by atoms with Crippen LogP contribution in [0.1, 0.15) is 11.4 Å². The van der Waals surface area contributed by atoms with Crippen molar-refractivity contribution in [1.82, 2.24) is 19.7 Å². The Morgan fingerprint density at radius 1 is 1.04 bits per heavy atom. The molecule has 4 aromatic rings. The number of benzene rings is 1. The maximum absolute atomic E-state index is 13.6. The van der Waals surface area contributed by atoms with Crippen molar-refractivity contribution in [2.24, 2.45) is 0 Å². The molecule has 1 aromatic carbocycles. The van der Waals surface area contributed by atoms with Crippen LogP contribution in [0.5, 0.6) is 0 Å². The predicted molar refractivity (Wildman–Crippen MR) is 88.6 cm³/mol. The van der Waals surface area contributed by atoms with Crippen LogP contribution in [0.15, 0.2) is 30.3 Å². The molecule has 0 N–H and O–H groups in total. The van der Waals surface area contributed by atoms with Gasteiger partial charge in [-0.15, -0.1) is 0 Å². The summed E-state index contributed by atoms with van der Waals surface area (Å²) >= 11 is 6.43. The molecule has 0 spiro atoms. The van der Waals surface area contributed by atoms with Gasteiger partial charge in [0.15, 0.2) is 23.1 Å². The van der Waals surface area contributed by atoms with Gasteiger partial charge < -0.3 is 0 Å². The van der Waals surface area contributed by atoms with Crippen LogP contribution in [-0.4, -0.2) is 19.7 Å². The Bertz CT molecular complexity index is 1120. The van der Waals surface area contributed by atoms with Gasteiger partial charge in [-0.25, -0.2) is 18.7 Å². The molecule has 24 heavy (non-hydrogen) atoms. The van der Waals surface area contributed by atoms with Gasteiger partial charge in [-0.1, -0.05) is 17.7 Å². The molecule has 0 aliphatic rings. The first-order valence-corrected chi connectivity index (χ1v) is 7.61. The molecule has 4 nitrogen and oxygen atoms in total. The minimum atomic E-state index is -0.970. The van der Waals surface area contributed by atoms with E-state index < -0.39 is 11.6 Å². The van der Waals surface area contributed by atoms with E-state index in [2.05, 4.69) is 15.1 Å². The summed E-state index contributed by atoms with van der Waals surface area (Å²) in [7, 11) is 0. The number of aromatic nitrogens is 4. The summed E-state index contributed by atoms with van der Waals surface area (Å²) in [5, 5.41) is 5.69. The normalized spacial score (nSPS) is 11.5. The smallest absolute Gasteiger partial charge is 0.167 e. The van der Waals surface area contributed by atoms with Crippen molar-refractivity contribution in [3.63, 3.8) is 0 Å². The number of rotatable bonds is 1. The molecule has 4 rings (SSSR count). The van der Waals surface area contributed by atoms with E-state index in [9.17, 15) is 8.78 Å². The number of halogens is 3. The highest BCUT2D eigenvalue weighted by Gasteiger charge is 2.18. The summed E-state index contributed by atoms with van der Waals surface area (Å²) < 4.78 is 28.7. The number of hydrogen-bond donors (Lipinski definition) is 0. The minimum Gasteiger partial charge on any atom is -0.234 e. The lowest BCUT2D eigenvalue weighted by Gasteiger charge is -2.06. The second-order valence-electron chi connectivity index (χ2n) is 5.54. The van der Waals surface area contributed by atoms with Crippen LogP contribution in [0.2, 0.25) is 5.02 Å². The van der Waals surface area contributed by atoms with Crippen LogP contribution in [0, 0.1) is 25.5 Å². The van der Waals surface area contributed by atoms with Gasteiger partial charge >= 0.3 is 0 Å². The van der Waals surface area contributed by atoms with Gasteiger partial charge in [0.25, 0.3) is 0 Å². The molecule has 0 unspecified atom stereocenters. The second kappa shape index (κ2) is 5.21. The lowest BCUT2D eigenvalue weighted by atomic mass is 10.1. The molecule has 0 saturated carbocycles. The third-order valence-electron chi connectivity index (χ3n) is 3.85. The van der Waals surface area contributed by atoms with E-state index in [-0.39, 0.29) is 5.52 Å². The Hall–Kier alpha value is -2.60. The molecule has 0 atom stereocenters. The lowest BCUT2D eigenvalue weighted by Crippen LogP contribution is -2.02. The van der Waals surface area contributed by atoms with E-state index in [0.29, 0.717) is 33.0 Å². The van der Waals surface area contributed by atoms with Crippen LogP contribution in [0.25, 0.3) is 27.8 Å². The minimum absolute atomic E-state index is 0.264. The molecule has 120 valence electrons. The number of nitrogens with zero attached hydrogens (tertiary/aromatic N) is 4. The van der Waals surface area contributed by atoms with Crippen molar-refractivity contribution in [3.05, 3.63) is 58.4 Å². The average Bonchev–Trinajstić information content (AvgIpc) is 2.87. The number of hydrogen-bond acceptors (Lipinski definition) is 3. The Labute approximate surface area is 140 Å². The van der Waals surface area contributed by atoms with Crippen LogP contribution < -0.4 is 0 Å². The number of pyridine rings is 2. The summed E-state index contributed by atoms with van der Waals surface area (Å²) in [6.07, 6.45) is 0. The van der Waals surface area contributed by atoms with Crippen molar-refractivity contribution in [1.29, 1.82) is 0 Å². The second-order valence-corrected chi connectivity index (χ2v) is 5.92. The van der Waals surface area contributed by atoms with Crippen molar-refractivity contribution in [2.75, 3.05) is 0 Å². The third-order valence-corrected chi connectivity index (χ3v) is 4.24. The Morgan fingerprint density at radius 2 is 1.79 bits per heavy atom. The Morgan fingerprint density at radius 3 is 2.54 bits per heavy atom. The van der Waals surface area contributed by atoms with Gasteiger partial charge in [-0.05, 0) is 32.0 Å². The quantitative estimate of drug-likeness (QED) is 0.510. The van der Waals surface area contributed by atoms with E-state index in [1.807, 2.05) is 19.1 Å². The predicted octanol–water partition coefficient (Wildman–Crippen LogP) is 4.52. The zero-order valence-corrected chi connectivity index (χ0v) is 13.6. The van der Waals surface area contributed by atoms with E-state index >= 15 is 0 Å². The van der Waals surface area contributed by atoms with Crippen molar-refractivity contribution >= 4 is 33.5 Å². The fraction of sp³-hybridized carbons (Fsp3) is 0.118. The molecule has 3 heterocycles. The first kappa shape index (κ1) is 15.0. The first-order chi connectivity index (χ1) is 11.5.